The Kier molecular flexibility index (Phi) is 4.53. The maximum Gasteiger partial charge on any atom is 0.313 e. The minimum Gasteiger partial charge on any atom is -0.481 e. The van der Waals surface area contributed by atoms with Crippen LogP contribution in [0, 0.1) is 0 Å². The van der Waals surface area contributed by atoms with Crippen LogP contribution in [-0.2, 0) is 4.79 Å². The summed E-state index contributed by atoms with van der Waals surface area (Å²) in [6, 6.07) is 0. The topological polar surface area (TPSA) is 57.5 Å². The molecule has 1 unspecified atom stereocenters. The first kappa shape index (κ1) is 8.78. The van der Waals surface area contributed by atoms with E-state index >= 15 is 0 Å². The van der Waals surface area contributed by atoms with E-state index < -0.39 is 5.97 Å². The lowest BCUT2D eigenvalue weighted by Crippen LogP contribution is -2.07. The Balaban J connectivity index is 3.16. The van der Waals surface area contributed by atoms with Crippen LogP contribution in [0.5, 0.6) is 0 Å². The Morgan fingerprint density at radius 1 is 1.78 bits per heavy atom. The van der Waals surface area contributed by atoms with Crippen molar-refractivity contribution in [3.63, 3.8) is 0 Å². The number of aliphatic hydroxyl groups is 1. The van der Waals surface area contributed by atoms with E-state index in [2.05, 4.69) is 0 Å². The molecule has 0 heterocycles. The third kappa shape index (κ3) is 5.65. The Hall–Kier alpha value is -0.220. The number of carbonyl (C=O) groups is 1. The summed E-state index contributed by atoms with van der Waals surface area (Å²) in [5, 5.41) is 16.6. The van der Waals surface area contributed by atoms with Crippen molar-refractivity contribution in [1.82, 2.24) is 0 Å². The highest BCUT2D eigenvalue weighted by atomic mass is 32.2. The Morgan fingerprint density at radius 2 is 2.33 bits per heavy atom. The van der Waals surface area contributed by atoms with Crippen molar-refractivity contribution in [3.05, 3.63) is 0 Å². The first-order valence-corrected chi connectivity index (χ1v) is 3.66. The predicted molar refractivity (Wildman–Crippen MR) is 36.6 cm³/mol. The summed E-state index contributed by atoms with van der Waals surface area (Å²) in [5.74, 6) is -0.762. The lowest BCUT2D eigenvalue weighted by Gasteiger charge is -2.02. The summed E-state index contributed by atoms with van der Waals surface area (Å²) >= 11 is 1.23. The number of thioether (sulfide) groups is 1. The van der Waals surface area contributed by atoms with Crippen molar-refractivity contribution in [2.75, 3.05) is 12.4 Å². The van der Waals surface area contributed by atoms with E-state index in [9.17, 15) is 4.79 Å². The molecule has 9 heavy (non-hydrogen) atoms. The van der Waals surface area contributed by atoms with Gasteiger partial charge in [-0.1, -0.05) is 6.92 Å². The molecule has 3 nitrogen and oxygen atoms in total. The molecule has 0 aromatic heterocycles. The van der Waals surface area contributed by atoms with Gasteiger partial charge < -0.3 is 10.2 Å². The second-order valence-electron chi connectivity index (χ2n) is 1.70. The van der Waals surface area contributed by atoms with Gasteiger partial charge in [0.2, 0.25) is 0 Å². The van der Waals surface area contributed by atoms with E-state index in [-0.39, 0.29) is 17.6 Å². The molecule has 0 saturated heterocycles. The van der Waals surface area contributed by atoms with Gasteiger partial charge in [-0.15, -0.1) is 11.8 Å². The smallest absolute Gasteiger partial charge is 0.313 e. The van der Waals surface area contributed by atoms with Crippen LogP contribution in [0.4, 0.5) is 0 Å². The molecule has 0 aliphatic rings. The van der Waals surface area contributed by atoms with Gasteiger partial charge >= 0.3 is 5.97 Å². The number of aliphatic hydroxyl groups excluding tert-OH is 1. The monoisotopic (exact) mass is 150 g/mol. The Labute approximate surface area is 58.1 Å². The highest BCUT2D eigenvalue weighted by Gasteiger charge is 2.02. The first-order chi connectivity index (χ1) is 4.16. The summed E-state index contributed by atoms with van der Waals surface area (Å²) in [6.07, 6.45) is 0. The fraction of sp³-hybridized carbons (Fsp3) is 0.800. The van der Waals surface area contributed by atoms with Crippen LogP contribution in [0.1, 0.15) is 6.92 Å². The maximum absolute atomic E-state index is 9.92. The van der Waals surface area contributed by atoms with Gasteiger partial charge in [-0.3, -0.25) is 4.79 Å². The molecule has 0 aromatic rings. The molecule has 0 spiro atoms. The molecule has 54 valence electrons. The van der Waals surface area contributed by atoms with Crippen molar-refractivity contribution in [2.45, 2.75) is 12.2 Å². The molecule has 0 radical (unpaired) electrons. The molecule has 0 saturated carbocycles. The van der Waals surface area contributed by atoms with Crippen LogP contribution in [0.15, 0.2) is 0 Å². The Bertz CT molecular complexity index is 94.2. The van der Waals surface area contributed by atoms with Crippen molar-refractivity contribution >= 4 is 17.7 Å². The summed E-state index contributed by atoms with van der Waals surface area (Å²) in [6.45, 7) is 1.82. The molecule has 0 aliphatic heterocycles. The zero-order valence-electron chi connectivity index (χ0n) is 5.20. The highest BCUT2D eigenvalue weighted by molar-refractivity contribution is 8.00. The molecule has 4 heteroatoms. The summed E-state index contributed by atoms with van der Waals surface area (Å²) in [7, 11) is 0. The summed E-state index contributed by atoms with van der Waals surface area (Å²) < 4.78 is 0. The van der Waals surface area contributed by atoms with Crippen LogP contribution in [-0.4, -0.2) is 33.8 Å². The van der Waals surface area contributed by atoms with E-state index in [0.717, 1.165) is 0 Å². The van der Waals surface area contributed by atoms with Crippen molar-refractivity contribution in [2.24, 2.45) is 0 Å². The molecular weight excluding hydrogens is 140 g/mol. The number of rotatable bonds is 4. The molecular formula is C5H10O3S. The summed E-state index contributed by atoms with van der Waals surface area (Å²) in [5.41, 5.74) is 0. The zero-order chi connectivity index (χ0) is 7.28. The van der Waals surface area contributed by atoms with E-state index in [1.54, 1.807) is 6.92 Å². The standard InChI is InChI=1S/C5H10O3S/c1-4(2-6)9-3-5(7)8/h4,6H,2-3H2,1H3,(H,7,8). The van der Waals surface area contributed by atoms with Gasteiger partial charge in [-0.25, -0.2) is 0 Å². The van der Waals surface area contributed by atoms with Crippen molar-refractivity contribution < 1.29 is 15.0 Å². The average Bonchev–Trinajstić information content (AvgIpc) is 1.83. The largest absolute Gasteiger partial charge is 0.481 e. The van der Waals surface area contributed by atoms with Crippen LogP contribution in [0.25, 0.3) is 0 Å². The molecule has 1 atom stereocenters. The van der Waals surface area contributed by atoms with Crippen LogP contribution in [0.2, 0.25) is 0 Å². The molecule has 0 fully saturated rings. The normalized spacial score (nSPS) is 13.1. The van der Waals surface area contributed by atoms with Gasteiger partial charge in [-0.2, -0.15) is 0 Å². The van der Waals surface area contributed by atoms with Gasteiger partial charge in [0.15, 0.2) is 0 Å². The van der Waals surface area contributed by atoms with E-state index in [1.165, 1.54) is 11.8 Å². The minimum absolute atomic E-state index is 0.0288. The fourth-order valence-electron chi connectivity index (χ4n) is 0.266. The predicted octanol–water partition coefficient (Wildman–Crippen LogP) is 0.185. The van der Waals surface area contributed by atoms with Gasteiger partial charge in [-0.05, 0) is 0 Å². The molecule has 0 aromatic carbocycles. The third-order valence-corrected chi connectivity index (χ3v) is 1.88. The molecule has 0 bridgehead atoms. The molecule has 0 amide bonds. The molecule has 0 aliphatic carbocycles. The van der Waals surface area contributed by atoms with Gasteiger partial charge in [0.1, 0.15) is 0 Å². The number of carboxylic acids is 1. The zero-order valence-corrected chi connectivity index (χ0v) is 6.02. The second-order valence-corrected chi connectivity index (χ2v) is 3.12. The summed E-state index contributed by atoms with van der Waals surface area (Å²) in [4.78, 5) is 9.92. The van der Waals surface area contributed by atoms with Gasteiger partial charge in [0.25, 0.3) is 0 Å². The number of hydrogen-bond acceptors (Lipinski definition) is 3. The number of carboxylic acid groups (broad SMARTS) is 1. The second kappa shape index (κ2) is 4.64. The Morgan fingerprint density at radius 3 is 2.67 bits per heavy atom. The average molecular weight is 150 g/mol. The lowest BCUT2D eigenvalue weighted by molar-refractivity contribution is -0.133. The molecule has 2 N–H and O–H groups in total. The van der Waals surface area contributed by atoms with Gasteiger partial charge in [0, 0.05) is 5.25 Å². The van der Waals surface area contributed by atoms with Crippen LogP contribution < -0.4 is 0 Å². The quantitative estimate of drug-likeness (QED) is 0.600. The SMILES string of the molecule is CC(CO)SCC(=O)O. The van der Waals surface area contributed by atoms with Crippen LogP contribution >= 0.6 is 11.8 Å². The third-order valence-electron chi connectivity index (χ3n) is 0.748. The number of aliphatic carboxylic acids is 1. The van der Waals surface area contributed by atoms with Crippen molar-refractivity contribution in [1.29, 1.82) is 0 Å². The number of hydrogen-bond donors (Lipinski definition) is 2. The van der Waals surface area contributed by atoms with E-state index in [0.29, 0.717) is 0 Å². The lowest BCUT2D eigenvalue weighted by atomic mass is 10.5. The minimum atomic E-state index is -0.833. The maximum atomic E-state index is 9.92. The van der Waals surface area contributed by atoms with Crippen LogP contribution in [0.3, 0.4) is 0 Å². The molecule has 0 rings (SSSR count). The van der Waals surface area contributed by atoms with E-state index in [4.69, 9.17) is 10.2 Å². The first-order valence-electron chi connectivity index (χ1n) is 2.61. The van der Waals surface area contributed by atoms with E-state index in [1.807, 2.05) is 0 Å². The highest BCUT2D eigenvalue weighted by Crippen LogP contribution is 2.07. The van der Waals surface area contributed by atoms with Gasteiger partial charge in [0.05, 0.1) is 12.4 Å². The van der Waals surface area contributed by atoms with Crippen molar-refractivity contribution in [3.8, 4) is 0 Å². The fourth-order valence-corrected chi connectivity index (χ4v) is 0.799.